The van der Waals surface area contributed by atoms with Gasteiger partial charge in [-0.15, -0.1) is 0 Å². The maximum absolute atomic E-state index is 5.41. The lowest BCUT2D eigenvalue weighted by Crippen LogP contribution is -2.53. The van der Waals surface area contributed by atoms with E-state index in [1.54, 1.807) is 6.26 Å². The van der Waals surface area contributed by atoms with E-state index in [9.17, 15) is 0 Å². The van der Waals surface area contributed by atoms with Gasteiger partial charge in [-0.05, 0) is 37.1 Å². The molecular formula is C20H26N4O. The number of anilines is 1. The van der Waals surface area contributed by atoms with Gasteiger partial charge >= 0.3 is 0 Å². The Morgan fingerprint density at radius 3 is 2.52 bits per heavy atom. The van der Waals surface area contributed by atoms with Gasteiger partial charge in [-0.3, -0.25) is 4.99 Å². The number of hydrogen-bond donors (Lipinski definition) is 1. The molecule has 1 saturated heterocycles. The van der Waals surface area contributed by atoms with Crippen molar-refractivity contribution in [2.24, 2.45) is 4.99 Å². The summed E-state index contributed by atoms with van der Waals surface area (Å²) < 4.78 is 5.41. The van der Waals surface area contributed by atoms with Crippen molar-refractivity contribution in [3.63, 3.8) is 0 Å². The van der Waals surface area contributed by atoms with Gasteiger partial charge in [0.05, 0.1) is 6.26 Å². The molecule has 4 rings (SSSR count). The number of piperazine rings is 1. The molecule has 1 aliphatic carbocycles. The molecule has 1 aliphatic heterocycles. The second-order valence-electron chi connectivity index (χ2n) is 6.76. The van der Waals surface area contributed by atoms with Crippen molar-refractivity contribution >= 4 is 11.6 Å². The fourth-order valence-electron chi connectivity index (χ4n) is 3.19. The minimum absolute atomic E-state index is 0.620. The van der Waals surface area contributed by atoms with Crippen LogP contribution in [0.25, 0.3) is 0 Å². The first-order valence-corrected chi connectivity index (χ1v) is 9.27. The van der Waals surface area contributed by atoms with Crippen LogP contribution in [-0.2, 0) is 6.42 Å². The molecule has 1 aromatic carbocycles. The summed E-state index contributed by atoms with van der Waals surface area (Å²) in [7, 11) is 0. The van der Waals surface area contributed by atoms with Crippen LogP contribution in [0.5, 0.6) is 0 Å². The minimum Gasteiger partial charge on any atom is -0.469 e. The van der Waals surface area contributed by atoms with Crippen LogP contribution < -0.4 is 10.2 Å². The molecule has 2 aliphatic rings. The Morgan fingerprint density at radius 1 is 1.04 bits per heavy atom. The van der Waals surface area contributed by atoms with Crippen molar-refractivity contribution in [1.29, 1.82) is 0 Å². The molecule has 0 radical (unpaired) electrons. The SMILES string of the molecule is c1ccc(N2CCN(C(=NCCc3ccco3)NC3CC3)CC2)cc1. The van der Waals surface area contributed by atoms with Crippen LogP contribution in [0.4, 0.5) is 5.69 Å². The van der Waals surface area contributed by atoms with Crippen LogP contribution in [0.1, 0.15) is 18.6 Å². The van der Waals surface area contributed by atoms with Crippen LogP contribution in [-0.4, -0.2) is 49.6 Å². The zero-order valence-corrected chi connectivity index (χ0v) is 14.6. The summed E-state index contributed by atoms with van der Waals surface area (Å²) >= 11 is 0. The van der Waals surface area contributed by atoms with Gasteiger partial charge in [-0.2, -0.15) is 0 Å². The Morgan fingerprint density at radius 2 is 1.84 bits per heavy atom. The molecule has 0 bridgehead atoms. The first-order valence-electron chi connectivity index (χ1n) is 9.27. The maximum atomic E-state index is 5.41. The monoisotopic (exact) mass is 338 g/mol. The molecule has 0 amide bonds. The quantitative estimate of drug-likeness (QED) is 0.672. The molecule has 2 aromatic rings. The van der Waals surface area contributed by atoms with Crippen molar-refractivity contribution < 1.29 is 4.42 Å². The van der Waals surface area contributed by atoms with Crippen LogP contribution in [0.15, 0.2) is 58.1 Å². The predicted molar refractivity (Wildman–Crippen MR) is 101 cm³/mol. The minimum atomic E-state index is 0.620. The van der Waals surface area contributed by atoms with Crippen LogP contribution >= 0.6 is 0 Å². The summed E-state index contributed by atoms with van der Waals surface area (Å²) in [5, 5.41) is 3.62. The van der Waals surface area contributed by atoms with E-state index in [1.165, 1.54) is 18.5 Å². The second kappa shape index (κ2) is 7.64. The number of para-hydroxylation sites is 1. The van der Waals surface area contributed by atoms with Crippen molar-refractivity contribution in [3.8, 4) is 0 Å². The van der Waals surface area contributed by atoms with Crippen LogP contribution in [0, 0.1) is 0 Å². The summed E-state index contributed by atoms with van der Waals surface area (Å²) in [6.07, 6.45) is 5.11. The van der Waals surface area contributed by atoms with E-state index in [0.29, 0.717) is 6.04 Å². The zero-order valence-electron chi connectivity index (χ0n) is 14.6. The largest absolute Gasteiger partial charge is 0.469 e. The molecule has 132 valence electrons. The summed E-state index contributed by atoms with van der Waals surface area (Å²) in [5.74, 6) is 2.07. The van der Waals surface area contributed by atoms with Gasteiger partial charge in [-0.1, -0.05) is 18.2 Å². The van der Waals surface area contributed by atoms with E-state index >= 15 is 0 Å². The summed E-state index contributed by atoms with van der Waals surface area (Å²) in [6.45, 7) is 4.85. The van der Waals surface area contributed by atoms with Gasteiger partial charge in [0.25, 0.3) is 0 Å². The standard InChI is InChI=1S/C20H26N4O/c1-2-5-18(6-3-1)23-12-14-24(15-13-23)20(22-17-8-9-17)21-11-10-19-7-4-16-25-19/h1-7,16-17H,8-15H2,(H,21,22). The smallest absolute Gasteiger partial charge is 0.194 e. The first kappa shape index (κ1) is 16.1. The maximum Gasteiger partial charge on any atom is 0.194 e. The van der Waals surface area contributed by atoms with Gasteiger partial charge in [-0.25, -0.2) is 0 Å². The van der Waals surface area contributed by atoms with Crippen molar-refractivity contribution in [1.82, 2.24) is 10.2 Å². The second-order valence-corrected chi connectivity index (χ2v) is 6.76. The van der Waals surface area contributed by atoms with Crippen molar-refractivity contribution in [2.45, 2.75) is 25.3 Å². The first-order chi connectivity index (χ1) is 12.4. The highest BCUT2D eigenvalue weighted by Gasteiger charge is 2.26. The zero-order chi connectivity index (χ0) is 16.9. The van der Waals surface area contributed by atoms with Gasteiger partial charge in [0.1, 0.15) is 5.76 Å². The molecule has 25 heavy (non-hydrogen) atoms. The van der Waals surface area contributed by atoms with Crippen molar-refractivity contribution in [3.05, 3.63) is 54.5 Å². The third-order valence-electron chi connectivity index (χ3n) is 4.81. The average molecular weight is 338 g/mol. The Kier molecular flexibility index (Phi) is 4.91. The molecule has 0 atom stereocenters. The Hall–Kier alpha value is -2.43. The number of nitrogens with one attached hydrogen (secondary N) is 1. The molecule has 5 nitrogen and oxygen atoms in total. The van der Waals surface area contributed by atoms with E-state index < -0.39 is 0 Å². The van der Waals surface area contributed by atoms with E-state index in [1.807, 2.05) is 12.1 Å². The number of benzene rings is 1. The molecular weight excluding hydrogens is 312 g/mol. The fourth-order valence-corrected chi connectivity index (χ4v) is 3.19. The molecule has 2 heterocycles. The van der Waals surface area contributed by atoms with Gasteiger partial charge < -0.3 is 19.5 Å². The number of hydrogen-bond acceptors (Lipinski definition) is 3. The predicted octanol–water partition coefficient (Wildman–Crippen LogP) is 2.75. The lowest BCUT2D eigenvalue weighted by Gasteiger charge is -2.37. The highest BCUT2D eigenvalue weighted by atomic mass is 16.3. The number of guanidine groups is 1. The molecule has 1 N–H and O–H groups in total. The number of furan rings is 1. The topological polar surface area (TPSA) is 44.0 Å². The Bertz CT molecular complexity index is 671. The summed E-state index contributed by atoms with van der Waals surface area (Å²) in [6, 6.07) is 15.2. The molecule has 5 heteroatoms. The molecule has 1 aromatic heterocycles. The lowest BCUT2D eigenvalue weighted by molar-refractivity contribution is 0.371. The molecule has 0 spiro atoms. The van der Waals surface area contributed by atoms with Gasteiger partial charge in [0.15, 0.2) is 5.96 Å². The number of aliphatic imine (C=N–C) groups is 1. The van der Waals surface area contributed by atoms with E-state index in [2.05, 4.69) is 45.4 Å². The van der Waals surface area contributed by atoms with E-state index in [4.69, 9.17) is 9.41 Å². The Balaban J connectivity index is 1.35. The van der Waals surface area contributed by atoms with Crippen LogP contribution in [0.2, 0.25) is 0 Å². The third-order valence-corrected chi connectivity index (χ3v) is 4.81. The normalized spacial score (nSPS) is 18.5. The summed E-state index contributed by atoms with van der Waals surface area (Å²) in [4.78, 5) is 9.71. The van der Waals surface area contributed by atoms with Gasteiger partial charge in [0.2, 0.25) is 0 Å². The van der Waals surface area contributed by atoms with Crippen molar-refractivity contribution in [2.75, 3.05) is 37.6 Å². The summed E-state index contributed by atoms with van der Waals surface area (Å²) in [5.41, 5.74) is 1.31. The highest BCUT2D eigenvalue weighted by molar-refractivity contribution is 5.81. The number of nitrogens with zero attached hydrogens (tertiary/aromatic N) is 3. The van der Waals surface area contributed by atoms with E-state index in [-0.39, 0.29) is 0 Å². The Labute approximate surface area is 149 Å². The lowest BCUT2D eigenvalue weighted by atomic mass is 10.2. The third kappa shape index (κ3) is 4.35. The van der Waals surface area contributed by atoms with E-state index in [0.717, 1.165) is 50.9 Å². The van der Waals surface area contributed by atoms with Crippen LogP contribution in [0.3, 0.4) is 0 Å². The van der Waals surface area contributed by atoms with Gasteiger partial charge in [0, 0.05) is 50.9 Å². The molecule has 0 unspecified atom stereocenters. The molecule has 2 fully saturated rings. The number of rotatable bonds is 5. The fraction of sp³-hybridized carbons (Fsp3) is 0.450. The highest BCUT2D eigenvalue weighted by Crippen LogP contribution is 2.20. The average Bonchev–Trinajstić information content (AvgIpc) is 3.34. The molecule has 1 saturated carbocycles.